The molecule has 0 heterocycles. The third-order valence-electron chi connectivity index (χ3n) is 5.76. The van der Waals surface area contributed by atoms with Gasteiger partial charge in [-0.05, 0) is 47.1 Å². The van der Waals surface area contributed by atoms with Crippen molar-refractivity contribution in [1.29, 1.82) is 0 Å². The van der Waals surface area contributed by atoms with Crippen LogP contribution >= 0.6 is 0 Å². The molecule has 2 atom stereocenters. The molecule has 0 fully saturated rings. The summed E-state index contributed by atoms with van der Waals surface area (Å²) in [5, 5.41) is 15.1. The van der Waals surface area contributed by atoms with Crippen molar-refractivity contribution < 1.29 is 29.0 Å². The van der Waals surface area contributed by atoms with Crippen LogP contribution in [0.15, 0.2) is 61.2 Å². The van der Waals surface area contributed by atoms with Crippen LogP contribution in [0.25, 0.3) is 0 Å². The van der Waals surface area contributed by atoms with Crippen molar-refractivity contribution in [3.63, 3.8) is 0 Å². The summed E-state index contributed by atoms with van der Waals surface area (Å²) in [6, 6.07) is 12.4. The van der Waals surface area contributed by atoms with E-state index in [0.717, 1.165) is 11.1 Å². The van der Waals surface area contributed by atoms with E-state index in [-0.39, 0.29) is 24.4 Å². The minimum atomic E-state index is -1.16. The molecule has 0 unspecified atom stereocenters. The van der Waals surface area contributed by atoms with E-state index < -0.39 is 29.9 Å². The Hall–Kier alpha value is -3.81. The van der Waals surface area contributed by atoms with Crippen molar-refractivity contribution in [1.82, 2.24) is 10.6 Å². The van der Waals surface area contributed by atoms with Crippen LogP contribution < -0.4 is 20.1 Å². The molecule has 0 aliphatic rings. The zero-order chi connectivity index (χ0) is 28.3. The Bertz CT molecular complexity index is 1090. The van der Waals surface area contributed by atoms with Crippen molar-refractivity contribution in [3.05, 3.63) is 72.3 Å². The van der Waals surface area contributed by atoms with Gasteiger partial charge in [0.05, 0.1) is 0 Å². The van der Waals surface area contributed by atoms with E-state index in [1.807, 2.05) is 38.1 Å². The van der Waals surface area contributed by atoms with Gasteiger partial charge in [-0.15, -0.1) is 0 Å². The molecule has 0 bridgehead atoms. The number of carbonyl (C=O) groups is 3. The molecular formula is C30H40N2O6. The normalized spacial score (nSPS) is 12.8. The standard InChI is InChI=1S/C30H40N2O6/c1-7-16-37-22-14-12-21(13-15-22)18-25(29(35)36)32-28(34)24(17-20(2)3)31-27(33)19-38-26-11-9-8-10-23(26)30(4,5)6/h7-15,20,24-25H,1,16-19H2,2-6H3,(H,31,33)(H,32,34)(H,35,36)/t24-,25-/m0/s1. The largest absolute Gasteiger partial charge is 0.490 e. The first-order valence-electron chi connectivity index (χ1n) is 12.8. The van der Waals surface area contributed by atoms with E-state index in [9.17, 15) is 19.5 Å². The number of para-hydroxylation sites is 1. The summed E-state index contributed by atoms with van der Waals surface area (Å²) in [6.07, 6.45) is 2.06. The summed E-state index contributed by atoms with van der Waals surface area (Å²) >= 11 is 0. The molecule has 206 valence electrons. The molecule has 0 aliphatic heterocycles. The highest BCUT2D eigenvalue weighted by Crippen LogP contribution is 2.30. The Morgan fingerprint density at radius 1 is 0.974 bits per heavy atom. The summed E-state index contributed by atoms with van der Waals surface area (Å²) in [5.74, 6) is -0.859. The maximum Gasteiger partial charge on any atom is 0.326 e. The molecule has 3 N–H and O–H groups in total. The van der Waals surface area contributed by atoms with Gasteiger partial charge in [0.1, 0.15) is 30.2 Å². The van der Waals surface area contributed by atoms with Gasteiger partial charge in [0.25, 0.3) is 5.91 Å². The molecule has 2 aromatic rings. The fraction of sp³-hybridized carbons (Fsp3) is 0.433. The van der Waals surface area contributed by atoms with Gasteiger partial charge >= 0.3 is 5.97 Å². The summed E-state index contributed by atoms with van der Waals surface area (Å²) in [5.41, 5.74) is 1.52. The Morgan fingerprint density at radius 3 is 2.21 bits per heavy atom. The smallest absolute Gasteiger partial charge is 0.326 e. The van der Waals surface area contributed by atoms with Crippen LogP contribution in [-0.4, -0.2) is 48.2 Å². The maximum absolute atomic E-state index is 13.1. The summed E-state index contributed by atoms with van der Waals surface area (Å²) in [7, 11) is 0. The SMILES string of the molecule is C=CCOc1ccc(C[C@H](NC(=O)[C@H](CC(C)C)NC(=O)COc2ccccc2C(C)(C)C)C(=O)O)cc1. The number of hydrogen-bond donors (Lipinski definition) is 3. The molecule has 0 aromatic heterocycles. The highest BCUT2D eigenvalue weighted by Gasteiger charge is 2.28. The number of rotatable bonds is 14. The first kappa shape index (κ1) is 30.4. The average molecular weight is 525 g/mol. The highest BCUT2D eigenvalue weighted by molar-refractivity contribution is 5.90. The van der Waals surface area contributed by atoms with E-state index in [2.05, 4.69) is 38.0 Å². The zero-order valence-corrected chi connectivity index (χ0v) is 23.0. The lowest BCUT2D eigenvalue weighted by Crippen LogP contribution is -2.53. The Kier molecular flexibility index (Phi) is 11.4. The molecule has 0 spiro atoms. The molecule has 0 radical (unpaired) electrons. The van der Waals surface area contributed by atoms with Crippen LogP contribution in [0.5, 0.6) is 11.5 Å². The number of aliphatic carboxylic acids is 1. The van der Waals surface area contributed by atoms with Gasteiger partial charge in [-0.2, -0.15) is 0 Å². The van der Waals surface area contributed by atoms with Gasteiger partial charge in [0, 0.05) is 6.42 Å². The van der Waals surface area contributed by atoms with Gasteiger partial charge in [-0.1, -0.05) is 77.6 Å². The summed E-state index contributed by atoms with van der Waals surface area (Å²) in [4.78, 5) is 37.8. The Morgan fingerprint density at radius 2 is 1.63 bits per heavy atom. The molecule has 2 rings (SSSR count). The Balaban J connectivity index is 2.04. The summed E-state index contributed by atoms with van der Waals surface area (Å²) in [6.45, 7) is 13.7. The van der Waals surface area contributed by atoms with E-state index in [4.69, 9.17) is 9.47 Å². The van der Waals surface area contributed by atoms with Crippen LogP contribution in [0.4, 0.5) is 0 Å². The third kappa shape index (κ3) is 9.92. The van der Waals surface area contributed by atoms with Gasteiger partial charge < -0.3 is 25.2 Å². The second-order valence-corrected chi connectivity index (χ2v) is 10.6. The van der Waals surface area contributed by atoms with Gasteiger partial charge in [0.2, 0.25) is 5.91 Å². The number of carboxylic acid groups (broad SMARTS) is 1. The lowest BCUT2D eigenvalue weighted by molar-refractivity contribution is -0.142. The van der Waals surface area contributed by atoms with Gasteiger partial charge in [-0.25, -0.2) is 4.79 Å². The second-order valence-electron chi connectivity index (χ2n) is 10.6. The molecule has 38 heavy (non-hydrogen) atoms. The number of amides is 2. The lowest BCUT2D eigenvalue weighted by atomic mass is 9.86. The zero-order valence-electron chi connectivity index (χ0n) is 23.0. The average Bonchev–Trinajstić information content (AvgIpc) is 2.85. The quantitative estimate of drug-likeness (QED) is 0.318. The van der Waals surface area contributed by atoms with Crippen molar-refractivity contribution in [2.24, 2.45) is 5.92 Å². The monoisotopic (exact) mass is 524 g/mol. The minimum Gasteiger partial charge on any atom is -0.490 e. The number of ether oxygens (including phenoxy) is 2. The lowest BCUT2D eigenvalue weighted by Gasteiger charge is -2.24. The van der Waals surface area contributed by atoms with Crippen LogP contribution in [0.3, 0.4) is 0 Å². The molecule has 2 amide bonds. The first-order chi connectivity index (χ1) is 17.9. The predicted octanol–water partition coefficient (Wildman–Crippen LogP) is 4.27. The second kappa shape index (κ2) is 14.2. The first-order valence-corrected chi connectivity index (χ1v) is 12.8. The number of nitrogens with one attached hydrogen (secondary N) is 2. The van der Waals surface area contributed by atoms with E-state index in [0.29, 0.717) is 24.5 Å². The van der Waals surface area contributed by atoms with E-state index >= 15 is 0 Å². The van der Waals surface area contributed by atoms with Crippen molar-refractivity contribution >= 4 is 17.8 Å². The predicted molar refractivity (Wildman–Crippen MR) is 147 cm³/mol. The fourth-order valence-electron chi connectivity index (χ4n) is 3.88. The third-order valence-corrected chi connectivity index (χ3v) is 5.76. The van der Waals surface area contributed by atoms with Crippen LogP contribution in [-0.2, 0) is 26.2 Å². The van der Waals surface area contributed by atoms with Gasteiger partial charge in [0.15, 0.2) is 6.61 Å². The molecule has 8 nitrogen and oxygen atoms in total. The van der Waals surface area contributed by atoms with Crippen LogP contribution in [0.1, 0.15) is 52.2 Å². The van der Waals surface area contributed by atoms with E-state index in [1.165, 1.54) is 0 Å². The molecule has 0 saturated heterocycles. The maximum atomic E-state index is 13.1. The highest BCUT2D eigenvalue weighted by atomic mass is 16.5. The number of benzene rings is 2. The Labute approximate surface area is 225 Å². The van der Waals surface area contributed by atoms with Crippen LogP contribution in [0, 0.1) is 5.92 Å². The number of carbonyl (C=O) groups excluding carboxylic acids is 2. The van der Waals surface area contributed by atoms with E-state index in [1.54, 1.807) is 30.3 Å². The van der Waals surface area contributed by atoms with Crippen LogP contribution in [0.2, 0.25) is 0 Å². The molecular weight excluding hydrogens is 484 g/mol. The molecule has 0 saturated carbocycles. The van der Waals surface area contributed by atoms with Crippen molar-refractivity contribution in [2.75, 3.05) is 13.2 Å². The van der Waals surface area contributed by atoms with Crippen molar-refractivity contribution in [3.8, 4) is 11.5 Å². The molecule has 8 heteroatoms. The number of carboxylic acids is 1. The van der Waals surface area contributed by atoms with Crippen molar-refractivity contribution in [2.45, 2.75) is 65.0 Å². The van der Waals surface area contributed by atoms with Gasteiger partial charge in [-0.3, -0.25) is 9.59 Å². The fourth-order valence-corrected chi connectivity index (χ4v) is 3.88. The molecule has 0 aliphatic carbocycles. The molecule has 2 aromatic carbocycles. The summed E-state index contributed by atoms with van der Waals surface area (Å²) < 4.78 is 11.2. The minimum absolute atomic E-state index is 0.0812. The number of hydrogen-bond acceptors (Lipinski definition) is 5. The topological polar surface area (TPSA) is 114 Å².